The van der Waals surface area contributed by atoms with Crippen LogP contribution in [-0.4, -0.2) is 65.8 Å². The number of nitrogens with zero attached hydrogens (tertiary/aromatic N) is 2. The van der Waals surface area contributed by atoms with Crippen molar-refractivity contribution in [3.8, 4) is 0 Å². The van der Waals surface area contributed by atoms with Crippen LogP contribution in [0.3, 0.4) is 0 Å². The highest BCUT2D eigenvalue weighted by Gasteiger charge is 2.44. The van der Waals surface area contributed by atoms with Gasteiger partial charge in [-0.3, -0.25) is 4.79 Å². The van der Waals surface area contributed by atoms with Gasteiger partial charge in [-0.25, -0.2) is 4.79 Å². The topological polar surface area (TPSA) is 59.1 Å². The molecule has 3 heterocycles. The average Bonchev–Trinajstić information content (AvgIpc) is 3.07. The fourth-order valence-corrected chi connectivity index (χ4v) is 3.58. The molecule has 3 fully saturated rings. The van der Waals surface area contributed by atoms with Gasteiger partial charge in [-0.2, -0.15) is 0 Å². The molecule has 3 aliphatic rings. The number of likely N-dealkylation sites (tertiary alicyclic amines) is 2. The third-order valence-electron chi connectivity index (χ3n) is 4.61. The summed E-state index contributed by atoms with van der Waals surface area (Å²) in [5.74, 6) is 0.0877. The zero-order chi connectivity index (χ0) is 15.9. The monoisotopic (exact) mass is 310 g/mol. The van der Waals surface area contributed by atoms with E-state index in [-0.39, 0.29) is 30.1 Å². The maximum atomic E-state index is 12.7. The summed E-state index contributed by atoms with van der Waals surface area (Å²) in [6, 6.07) is 0.245. The number of rotatable bonds is 1. The van der Waals surface area contributed by atoms with E-state index in [0.717, 1.165) is 19.3 Å². The Balaban J connectivity index is 1.58. The van der Waals surface area contributed by atoms with Crippen molar-refractivity contribution in [3.05, 3.63) is 0 Å². The number of amides is 2. The Labute approximate surface area is 131 Å². The Bertz CT molecular complexity index is 460. The highest BCUT2D eigenvalue weighted by Crippen LogP contribution is 2.31. The highest BCUT2D eigenvalue weighted by molar-refractivity contribution is 5.81. The molecule has 0 unspecified atom stereocenters. The van der Waals surface area contributed by atoms with E-state index in [1.54, 1.807) is 4.90 Å². The number of morpholine rings is 1. The van der Waals surface area contributed by atoms with E-state index in [1.807, 2.05) is 25.7 Å². The molecule has 3 atom stereocenters. The Morgan fingerprint density at radius 1 is 1.23 bits per heavy atom. The molecule has 2 bridgehead atoms. The van der Waals surface area contributed by atoms with Crippen molar-refractivity contribution >= 4 is 12.0 Å². The third-order valence-corrected chi connectivity index (χ3v) is 4.61. The molecule has 22 heavy (non-hydrogen) atoms. The minimum absolute atomic E-state index is 0.0966. The fraction of sp³-hybridized carbons (Fsp3) is 0.875. The number of hydrogen-bond acceptors (Lipinski definition) is 4. The average molecular weight is 310 g/mol. The van der Waals surface area contributed by atoms with Crippen molar-refractivity contribution in [2.24, 2.45) is 5.92 Å². The van der Waals surface area contributed by atoms with Gasteiger partial charge in [0.15, 0.2) is 0 Å². The predicted molar refractivity (Wildman–Crippen MR) is 80.4 cm³/mol. The van der Waals surface area contributed by atoms with Crippen LogP contribution in [0.4, 0.5) is 4.79 Å². The van der Waals surface area contributed by atoms with E-state index < -0.39 is 5.60 Å². The van der Waals surface area contributed by atoms with Crippen molar-refractivity contribution in [3.63, 3.8) is 0 Å². The largest absolute Gasteiger partial charge is 0.444 e. The molecular weight excluding hydrogens is 284 g/mol. The van der Waals surface area contributed by atoms with Crippen molar-refractivity contribution < 1.29 is 19.1 Å². The molecule has 0 N–H and O–H groups in total. The van der Waals surface area contributed by atoms with Crippen molar-refractivity contribution in [1.82, 2.24) is 9.80 Å². The van der Waals surface area contributed by atoms with Gasteiger partial charge < -0.3 is 19.3 Å². The zero-order valence-corrected chi connectivity index (χ0v) is 13.7. The van der Waals surface area contributed by atoms with Gasteiger partial charge in [-0.1, -0.05) is 0 Å². The van der Waals surface area contributed by atoms with Crippen LogP contribution in [0, 0.1) is 5.92 Å². The molecule has 0 aromatic heterocycles. The fourth-order valence-electron chi connectivity index (χ4n) is 3.58. The summed E-state index contributed by atoms with van der Waals surface area (Å²) < 4.78 is 11.0. The molecule has 0 aromatic carbocycles. The van der Waals surface area contributed by atoms with Crippen LogP contribution in [-0.2, 0) is 14.3 Å². The van der Waals surface area contributed by atoms with Crippen LogP contribution >= 0.6 is 0 Å². The number of piperidine rings is 1. The lowest BCUT2D eigenvalue weighted by atomic mass is 9.96. The summed E-state index contributed by atoms with van der Waals surface area (Å²) in [7, 11) is 0. The standard InChI is InChI=1S/C16H26N2O4/c1-16(2,3)22-15(20)17-6-4-5-11(8-17)14(19)18-9-13-7-12(18)10-21-13/h11-13H,4-10H2,1-3H3/t11-,12+,13-/m1/s1. The Morgan fingerprint density at radius 2 is 2.00 bits per heavy atom. The number of carbonyl (C=O) groups excluding carboxylic acids is 2. The molecular formula is C16H26N2O4. The van der Waals surface area contributed by atoms with Crippen molar-refractivity contribution in [2.45, 2.75) is 57.8 Å². The summed E-state index contributed by atoms with van der Waals surface area (Å²) >= 11 is 0. The normalized spacial score (nSPS) is 31.5. The summed E-state index contributed by atoms with van der Waals surface area (Å²) in [5, 5.41) is 0. The van der Waals surface area contributed by atoms with Gasteiger partial charge in [-0.05, 0) is 40.0 Å². The lowest BCUT2D eigenvalue weighted by molar-refractivity contribution is -0.141. The molecule has 3 rings (SSSR count). The zero-order valence-electron chi connectivity index (χ0n) is 13.7. The minimum atomic E-state index is -0.501. The van der Waals surface area contributed by atoms with Gasteiger partial charge in [0.2, 0.25) is 5.91 Å². The molecule has 3 aliphatic heterocycles. The van der Waals surface area contributed by atoms with Gasteiger partial charge in [0.25, 0.3) is 0 Å². The van der Waals surface area contributed by atoms with Crippen LogP contribution in [0.25, 0.3) is 0 Å². The maximum absolute atomic E-state index is 12.7. The molecule has 124 valence electrons. The van der Waals surface area contributed by atoms with Gasteiger partial charge >= 0.3 is 6.09 Å². The maximum Gasteiger partial charge on any atom is 0.410 e. The summed E-state index contributed by atoms with van der Waals surface area (Å²) in [5.41, 5.74) is -0.501. The SMILES string of the molecule is CC(C)(C)OC(=O)N1CCC[C@@H](C(=O)N2C[C@H]3C[C@H]2CO3)C1. The molecule has 3 saturated heterocycles. The molecule has 0 saturated carbocycles. The van der Waals surface area contributed by atoms with E-state index >= 15 is 0 Å². The van der Waals surface area contributed by atoms with Gasteiger partial charge in [0, 0.05) is 19.6 Å². The second-order valence-corrected chi connectivity index (χ2v) is 7.60. The van der Waals surface area contributed by atoms with Crippen LogP contribution < -0.4 is 0 Å². The van der Waals surface area contributed by atoms with E-state index in [2.05, 4.69) is 0 Å². The molecule has 0 radical (unpaired) electrons. The first-order valence-corrected chi connectivity index (χ1v) is 8.23. The highest BCUT2D eigenvalue weighted by atomic mass is 16.6. The first-order valence-electron chi connectivity index (χ1n) is 8.23. The second-order valence-electron chi connectivity index (χ2n) is 7.60. The third kappa shape index (κ3) is 3.21. The van der Waals surface area contributed by atoms with Crippen LogP contribution in [0.2, 0.25) is 0 Å². The molecule has 0 aliphatic carbocycles. The Kier molecular flexibility index (Phi) is 4.05. The Hall–Kier alpha value is -1.30. The molecule has 0 aromatic rings. The smallest absolute Gasteiger partial charge is 0.410 e. The van der Waals surface area contributed by atoms with Crippen LogP contribution in [0.5, 0.6) is 0 Å². The number of fused-ring (bicyclic) bond motifs is 2. The molecule has 6 nitrogen and oxygen atoms in total. The first-order chi connectivity index (χ1) is 10.3. The summed E-state index contributed by atoms with van der Waals surface area (Å²) in [4.78, 5) is 28.6. The lowest BCUT2D eigenvalue weighted by Gasteiger charge is -2.36. The number of carbonyl (C=O) groups is 2. The van der Waals surface area contributed by atoms with E-state index in [9.17, 15) is 9.59 Å². The lowest BCUT2D eigenvalue weighted by Crippen LogP contribution is -2.50. The number of hydrogen-bond donors (Lipinski definition) is 0. The van der Waals surface area contributed by atoms with Crippen LogP contribution in [0.1, 0.15) is 40.0 Å². The second kappa shape index (κ2) is 5.72. The van der Waals surface area contributed by atoms with Gasteiger partial charge in [0.1, 0.15) is 5.60 Å². The van der Waals surface area contributed by atoms with E-state index in [1.165, 1.54) is 0 Å². The summed E-state index contributed by atoms with van der Waals surface area (Å²) in [6.45, 7) is 8.11. The van der Waals surface area contributed by atoms with E-state index in [4.69, 9.17) is 9.47 Å². The number of ether oxygens (including phenoxy) is 2. The molecule has 6 heteroatoms. The minimum Gasteiger partial charge on any atom is -0.444 e. The molecule has 0 spiro atoms. The first kappa shape index (κ1) is 15.6. The van der Waals surface area contributed by atoms with Crippen molar-refractivity contribution in [1.29, 1.82) is 0 Å². The Morgan fingerprint density at radius 3 is 2.59 bits per heavy atom. The van der Waals surface area contributed by atoms with E-state index in [0.29, 0.717) is 26.2 Å². The van der Waals surface area contributed by atoms with Gasteiger partial charge in [-0.15, -0.1) is 0 Å². The quantitative estimate of drug-likeness (QED) is 0.738. The summed E-state index contributed by atoms with van der Waals surface area (Å²) in [6.07, 6.45) is 2.59. The van der Waals surface area contributed by atoms with Crippen LogP contribution in [0.15, 0.2) is 0 Å². The van der Waals surface area contributed by atoms with Crippen molar-refractivity contribution in [2.75, 3.05) is 26.2 Å². The molecule has 2 amide bonds. The van der Waals surface area contributed by atoms with Gasteiger partial charge in [0.05, 0.1) is 24.7 Å². The predicted octanol–water partition coefficient (Wildman–Crippen LogP) is 1.63.